The number of amides is 1. The zero-order valence-electron chi connectivity index (χ0n) is 11.7. The lowest BCUT2D eigenvalue weighted by Gasteiger charge is -2.18. The van der Waals surface area contributed by atoms with E-state index in [1.807, 2.05) is 32.0 Å². The Balaban J connectivity index is 2.58. The summed E-state index contributed by atoms with van der Waals surface area (Å²) in [5.74, 6) is 0.463. The Kier molecular flexibility index (Phi) is 5.86. The summed E-state index contributed by atoms with van der Waals surface area (Å²) < 4.78 is 5.46. The highest BCUT2D eigenvalue weighted by Crippen LogP contribution is 2.19. The van der Waals surface area contributed by atoms with Crippen LogP contribution < -0.4 is 5.32 Å². The first-order valence-electron chi connectivity index (χ1n) is 6.39. The number of carbonyl (C=O) groups is 1. The van der Waals surface area contributed by atoms with Crippen LogP contribution in [0.4, 0.5) is 0 Å². The molecule has 1 amide bonds. The molecule has 100 valence electrons. The highest BCUT2D eigenvalue weighted by Gasteiger charge is 2.14. The maximum Gasteiger partial charge on any atom is 0.220 e. The second kappa shape index (κ2) is 7.17. The molecule has 0 aliphatic heterocycles. The average molecular weight is 249 g/mol. The Morgan fingerprint density at radius 1 is 1.33 bits per heavy atom. The van der Waals surface area contributed by atoms with E-state index in [4.69, 9.17) is 4.74 Å². The normalized spacial score (nSPS) is 12.5. The molecule has 0 saturated carbocycles. The van der Waals surface area contributed by atoms with Crippen molar-refractivity contribution in [3.63, 3.8) is 0 Å². The van der Waals surface area contributed by atoms with Gasteiger partial charge in [-0.1, -0.05) is 38.1 Å². The van der Waals surface area contributed by atoms with Gasteiger partial charge in [-0.2, -0.15) is 0 Å². The molecule has 3 nitrogen and oxygen atoms in total. The third-order valence-corrected chi connectivity index (χ3v) is 2.90. The number of nitrogens with one attached hydrogen (secondary N) is 1. The summed E-state index contributed by atoms with van der Waals surface area (Å²) in [6, 6.07) is 8.09. The van der Waals surface area contributed by atoms with Gasteiger partial charge in [-0.05, 0) is 24.0 Å². The van der Waals surface area contributed by atoms with E-state index in [0.29, 0.717) is 18.9 Å². The van der Waals surface area contributed by atoms with Gasteiger partial charge in [0.25, 0.3) is 0 Å². The van der Waals surface area contributed by atoms with Crippen molar-refractivity contribution in [3.05, 3.63) is 35.4 Å². The van der Waals surface area contributed by atoms with Crippen molar-refractivity contribution in [1.29, 1.82) is 0 Å². The fraction of sp³-hybridized carbons (Fsp3) is 0.533. The van der Waals surface area contributed by atoms with Crippen LogP contribution in [0.3, 0.4) is 0 Å². The van der Waals surface area contributed by atoms with E-state index in [2.05, 4.69) is 18.3 Å². The van der Waals surface area contributed by atoms with Crippen LogP contribution in [0.1, 0.15) is 37.5 Å². The number of rotatable bonds is 6. The smallest absolute Gasteiger partial charge is 0.220 e. The zero-order chi connectivity index (χ0) is 13.5. The molecule has 0 radical (unpaired) electrons. The molecule has 1 N–H and O–H groups in total. The molecule has 1 aromatic carbocycles. The van der Waals surface area contributed by atoms with Gasteiger partial charge in [0, 0.05) is 20.1 Å². The minimum absolute atomic E-state index is 0.0812. The molecular weight excluding hydrogens is 226 g/mol. The Labute approximate surface area is 110 Å². The maximum atomic E-state index is 11.6. The summed E-state index contributed by atoms with van der Waals surface area (Å²) in [6.45, 7) is 6.65. The number of carbonyl (C=O) groups excluding carboxylic acids is 1. The van der Waals surface area contributed by atoms with Crippen molar-refractivity contribution >= 4 is 5.91 Å². The highest BCUT2D eigenvalue weighted by molar-refractivity contribution is 5.76. The molecule has 1 atom stereocenters. The van der Waals surface area contributed by atoms with Crippen molar-refractivity contribution in [2.45, 2.75) is 33.3 Å². The molecule has 0 spiro atoms. The van der Waals surface area contributed by atoms with Gasteiger partial charge in [-0.15, -0.1) is 0 Å². The van der Waals surface area contributed by atoms with Gasteiger partial charge in [-0.25, -0.2) is 0 Å². The molecule has 0 fully saturated rings. The second-order valence-electron chi connectivity index (χ2n) is 4.98. The number of ether oxygens (including phenoxy) is 1. The van der Waals surface area contributed by atoms with Gasteiger partial charge in [0.2, 0.25) is 5.91 Å². The lowest BCUT2D eigenvalue weighted by atomic mass is 10.0. The van der Waals surface area contributed by atoms with E-state index in [1.54, 1.807) is 7.11 Å². The number of methoxy groups -OCH3 is 1. The highest BCUT2D eigenvalue weighted by atomic mass is 16.5. The van der Waals surface area contributed by atoms with Crippen molar-refractivity contribution in [2.75, 3.05) is 13.7 Å². The Morgan fingerprint density at radius 3 is 2.56 bits per heavy atom. The minimum Gasteiger partial charge on any atom is -0.375 e. The summed E-state index contributed by atoms with van der Waals surface area (Å²) in [5, 5.41) is 2.93. The molecule has 0 aromatic heterocycles. The van der Waals surface area contributed by atoms with Crippen LogP contribution >= 0.6 is 0 Å². The molecular formula is C15H23NO2. The predicted molar refractivity (Wildman–Crippen MR) is 73.4 cm³/mol. The first-order chi connectivity index (χ1) is 8.54. The molecule has 3 heteroatoms. The average Bonchev–Trinajstić information content (AvgIpc) is 2.31. The van der Waals surface area contributed by atoms with Crippen molar-refractivity contribution in [3.8, 4) is 0 Å². The van der Waals surface area contributed by atoms with Gasteiger partial charge < -0.3 is 10.1 Å². The molecule has 18 heavy (non-hydrogen) atoms. The minimum atomic E-state index is -0.0812. The fourth-order valence-electron chi connectivity index (χ4n) is 1.92. The molecule has 1 rings (SSSR count). The summed E-state index contributed by atoms with van der Waals surface area (Å²) >= 11 is 0. The maximum absolute atomic E-state index is 11.6. The number of hydrogen-bond donors (Lipinski definition) is 1. The second-order valence-corrected chi connectivity index (χ2v) is 4.98. The van der Waals surface area contributed by atoms with Crippen LogP contribution in [0.25, 0.3) is 0 Å². The third-order valence-electron chi connectivity index (χ3n) is 2.90. The lowest BCUT2D eigenvalue weighted by Crippen LogP contribution is -2.30. The van der Waals surface area contributed by atoms with E-state index in [9.17, 15) is 4.79 Å². The van der Waals surface area contributed by atoms with Crippen molar-refractivity contribution in [1.82, 2.24) is 5.32 Å². The van der Waals surface area contributed by atoms with Crippen LogP contribution in [0.15, 0.2) is 24.3 Å². The van der Waals surface area contributed by atoms with Gasteiger partial charge >= 0.3 is 0 Å². The van der Waals surface area contributed by atoms with Crippen LogP contribution in [-0.2, 0) is 9.53 Å². The Bertz CT molecular complexity index is 388. The van der Waals surface area contributed by atoms with Crippen LogP contribution in [0.5, 0.6) is 0 Å². The Hall–Kier alpha value is -1.35. The number of hydrogen-bond acceptors (Lipinski definition) is 2. The molecule has 0 aliphatic rings. The SMILES string of the molecule is COC(CNC(=O)CC(C)C)c1ccccc1C. The first-order valence-corrected chi connectivity index (χ1v) is 6.39. The largest absolute Gasteiger partial charge is 0.375 e. The van der Waals surface area contributed by atoms with Crippen molar-refractivity contribution < 1.29 is 9.53 Å². The predicted octanol–water partition coefficient (Wildman–Crippen LogP) is 2.84. The van der Waals surface area contributed by atoms with Crippen LogP contribution in [0.2, 0.25) is 0 Å². The summed E-state index contributed by atoms with van der Waals surface area (Å²) in [6.07, 6.45) is 0.479. The Morgan fingerprint density at radius 2 is 2.00 bits per heavy atom. The molecule has 1 unspecified atom stereocenters. The molecule has 0 aliphatic carbocycles. The van der Waals surface area contributed by atoms with E-state index < -0.39 is 0 Å². The number of benzene rings is 1. The van der Waals surface area contributed by atoms with Crippen LogP contribution in [0, 0.1) is 12.8 Å². The first kappa shape index (κ1) is 14.7. The molecule has 0 saturated heterocycles. The van der Waals surface area contributed by atoms with Crippen molar-refractivity contribution in [2.24, 2.45) is 5.92 Å². The van der Waals surface area contributed by atoms with E-state index >= 15 is 0 Å². The zero-order valence-corrected chi connectivity index (χ0v) is 11.7. The van der Waals surface area contributed by atoms with Crippen LogP contribution in [-0.4, -0.2) is 19.6 Å². The van der Waals surface area contributed by atoms with Gasteiger partial charge in [-0.3, -0.25) is 4.79 Å². The monoisotopic (exact) mass is 249 g/mol. The van der Waals surface area contributed by atoms with E-state index in [0.717, 1.165) is 5.56 Å². The van der Waals surface area contributed by atoms with Gasteiger partial charge in [0.1, 0.15) is 0 Å². The quantitative estimate of drug-likeness (QED) is 0.842. The molecule has 1 aromatic rings. The molecule has 0 bridgehead atoms. The standard InChI is InChI=1S/C15H23NO2/c1-11(2)9-15(17)16-10-14(18-4)13-8-6-5-7-12(13)3/h5-8,11,14H,9-10H2,1-4H3,(H,16,17). The van der Waals surface area contributed by atoms with E-state index in [1.165, 1.54) is 5.56 Å². The topological polar surface area (TPSA) is 38.3 Å². The lowest BCUT2D eigenvalue weighted by molar-refractivity contribution is -0.122. The third kappa shape index (κ3) is 4.49. The summed E-state index contributed by atoms with van der Waals surface area (Å²) in [7, 11) is 1.67. The number of aryl methyl sites for hydroxylation is 1. The summed E-state index contributed by atoms with van der Waals surface area (Å²) in [5.41, 5.74) is 2.31. The van der Waals surface area contributed by atoms with E-state index in [-0.39, 0.29) is 12.0 Å². The fourth-order valence-corrected chi connectivity index (χ4v) is 1.92. The summed E-state index contributed by atoms with van der Waals surface area (Å²) in [4.78, 5) is 11.6. The van der Waals surface area contributed by atoms with Gasteiger partial charge in [0.15, 0.2) is 0 Å². The van der Waals surface area contributed by atoms with Gasteiger partial charge in [0.05, 0.1) is 6.10 Å². The molecule has 0 heterocycles.